The summed E-state index contributed by atoms with van der Waals surface area (Å²) in [6, 6.07) is 23.8. The molecule has 1 aliphatic heterocycles. The van der Waals surface area contributed by atoms with Gasteiger partial charge in [0.05, 0.1) is 26.5 Å². The fourth-order valence-corrected chi connectivity index (χ4v) is 4.68. The highest BCUT2D eigenvalue weighted by Gasteiger charge is 2.33. The van der Waals surface area contributed by atoms with Gasteiger partial charge in [-0.3, -0.25) is 9.91 Å². The van der Waals surface area contributed by atoms with Gasteiger partial charge < -0.3 is 9.47 Å². The highest BCUT2D eigenvalue weighted by Crippen LogP contribution is 2.46. The summed E-state index contributed by atoms with van der Waals surface area (Å²) < 4.78 is 10.8. The average molecular weight is 414 g/mol. The van der Waals surface area contributed by atoms with Crippen LogP contribution in [0.2, 0.25) is 0 Å². The number of ether oxygens (including phenoxy) is 2. The van der Waals surface area contributed by atoms with Crippen LogP contribution in [0.5, 0.6) is 11.5 Å². The van der Waals surface area contributed by atoms with E-state index in [1.165, 1.54) is 22.3 Å². The third kappa shape index (κ3) is 3.66. The number of piperazine rings is 1. The van der Waals surface area contributed by atoms with Gasteiger partial charge in [-0.2, -0.15) is 5.10 Å². The number of rotatable bonds is 5. The molecule has 2 aliphatic rings. The van der Waals surface area contributed by atoms with Gasteiger partial charge >= 0.3 is 0 Å². The second kappa shape index (κ2) is 8.44. The van der Waals surface area contributed by atoms with Crippen molar-refractivity contribution in [1.29, 1.82) is 0 Å². The lowest BCUT2D eigenvalue weighted by Gasteiger charge is -2.37. The van der Waals surface area contributed by atoms with Crippen molar-refractivity contribution in [2.24, 2.45) is 5.10 Å². The normalized spacial score (nSPS) is 16.4. The monoisotopic (exact) mass is 413 g/mol. The molecule has 3 aromatic carbocycles. The third-order valence-corrected chi connectivity index (χ3v) is 6.26. The van der Waals surface area contributed by atoms with Crippen molar-refractivity contribution in [3.63, 3.8) is 0 Å². The van der Waals surface area contributed by atoms with Gasteiger partial charge in [0.15, 0.2) is 0 Å². The molecule has 5 nitrogen and oxygen atoms in total. The Kier molecular flexibility index (Phi) is 5.35. The Morgan fingerprint density at radius 3 is 2.06 bits per heavy atom. The lowest BCUT2D eigenvalue weighted by Crippen LogP contribution is -2.45. The highest BCUT2D eigenvalue weighted by atomic mass is 16.5. The average Bonchev–Trinajstić information content (AvgIpc) is 3.17. The van der Waals surface area contributed by atoms with Crippen molar-refractivity contribution in [2.45, 2.75) is 6.04 Å². The number of nitrogens with zero attached hydrogens (tertiary/aromatic N) is 3. The Balaban J connectivity index is 1.30. The molecule has 5 heteroatoms. The number of hydrogen-bond donors (Lipinski definition) is 0. The predicted molar refractivity (Wildman–Crippen MR) is 124 cm³/mol. The van der Waals surface area contributed by atoms with Gasteiger partial charge in [-0.25, -0.2) is 0 Å². The van der Waals surface area contributed by atoms with E-state index < -0.39 is 0 Å². The maximum atomic E-state index is 5.48. The first-order valence-corrected chi connectivity index (χ1v) is 10.7. The van der Waals surface area contributed by atoms with Crippen LogP contribution in [0.3, 0.4) is 0 Å². The van der Waals surface area contributed by atoms with E-state index in [4.69, 9.17) is 14.6 Å². The smallest absolute Gasteiger partial charge is 0.131 e. The molecule has 158 valence electrons. The maximum Gasteiger partial charge on any atom is 0.131 e. The number of hydrazone groups is 1. The number of hydrogen-bond acceptors (Lipinski definition) is 5. The van der Waals surface area contributed by atoms with Crippen molar-refractivity contribution in [3.05, 3.63) is 83.4 Å². The van der Waals surface area contributed by atoms with Crippen LogP contribution >= 0.6 is 0 Å². The molecule has 0 radical (unpaired) electrons. The molecule has 0 N–H and O–H groups in total. The first kappa shape index (κ1) is 19.6. The lowest BCUT2D eigenvalue weighted by atomic mass is 10.0. The van der Waals surface area contributed by atoms with Crippen LogP contribution in [0.4, 0.5) is 0 Å². The molecule has 1 aliphatic carbocycles. The Labute approximate surface area is 183 Å². The molecule has 0 amide bonds. The van der Waals surface area contributed by atoms with Crippen molar-refractivity contribution >= 4 is 6.21 Å². The van der Waals surface area contributed by atoms with Crippen molar-refractivity contribution in [3.8, 4) is 22.6 Å². The third-order valence-electron chi connectivity index (χ3n) is 6.26. The van der Waals surface area contributed by atoms with Crippen LogP contribution in [0.15, 0.2) is 71.8 Å². The van der Waals surface area contributed by atoms with Crippen molar-refractivity contribution in [1.82, 2.24) is 9.91 Å². The fourth-order valence-electron chi connectivity index (χ4n) is 4.68. The van der Waals surface area contributed by atoms with E-state index in [9.17, 15) is 0 Å². The standard InChI is InChI=1S/C26H27N3O2/c1-30-20-12-11-19(25(17-20)31-2)18-27-29-15-13-28(14-16-29)26-23-9-5-3-7-21(23)22-8-4-6-10-24(22)26/h3-12,17-18,26H,13-16H2,1-2H3/b27-18-. The molecule has 0 bridgehead atoms. The molecule has 0 unspecified atom stereocenters. The van der Waals surface area contributed by atoms with Gasteiger partial charge in [0.25, 0.3) is 0 Å². The Bertz CT molecular complexity index is 1060. The van der Waals surface area contributed by atoms with Gasteiger partial charge in [-0.05, 0) is 34.4 Å². The summed E-state index contributed by atoms with van der Waals surface area (Å²) in [4.78, 5) is 2.59. The zero-order valence-electron chi connectivity index (χ0n) is 18.0. The van der Waals surface area contributed by atoms with Crippen LogP contribution in [-0.4, -0.2) is 56.5 Å². The van der Waals surface area contributed by atoms with Crippen molar-refractivity contribution < 1.29 is 9.47 Å². The first-order chi connectivity index (χ1) is 15.3. The molecular formula is C26H27N3O2. The SMILES string of the molecule is COc1ccc(/C=N\N2CCN(C3c4ccccc4-c4ccccc43)CC2)c(OC)c1. The number of benzene rings is 3. The van der Waals surface area contributed by atoms with E-state index in [1.54, 1.807) is 14.2 Å². The van der Waals surface area contributed by atoms with Crippen LogP contribution in [0, 0.1) is 0 Å². The summed E-state index contributed by atoms with van der Waals surface area (Å²) >= 11 is 0. The van der Waals surface area contributed by atoms with Gasteiger partial charge in [0.1, 0.15) is 11.5 Å². The second-order valence-corrected chi connectivity index (χ2v) is 7.92. The van der Waals surface area contributed by atoms with Crippen LogP contribution < -0.4 is 9.47 Å². The van der Waals surface area contributed by atoms with Crippen LogP contribution in [-0.2, 0) is 0 Å². The molecule has 1 fully saturated rings. The van der Waals surface area contributed by atoms with E-state index in [2.05, 4.69) is 58.4 Å². The molecular weight excluding hydrogens is 386 g/mol. The largest absolute Gasteiger partial charge is 0.497 e. The molecule has 31 heavy (non-hydrogen) atoms. The summed E-state index contributed by atoms with van der Waals surface area (Å²) in [7, 11) is 3.32. The summed E-state index contributed by atoms with van der Waals surface area (Å²) in [5.74, 6) is 1.54. The molecule has 3 aromatic rings. The molecule has 0 aromatic heterocycles. The summed E-state index contributed by atoms with van der Waals surface area (Å²) in [5, 5.41) is 6.87. The topological polar surface area (TPSA) is 37.3 Å². The predicted octanol–water partition coefficient (Wildman–Crippen LogP) is 4.43. The van der Waals surface area contributed by atoms with E-state index >= 15 is 0 Å². The minimum atomic E-state index is 0.334. The minimum Gasteiger partial charge on any atom is -0.497 e. The number of methoxy groups -OCH3 is 2. The van der Waals surface area contributed by atoms with E-state index in [-0.39, 0.29) is 0 Å². The molecule has 0 atom stereocenters. The molecule has 1 heterocycles. The Morgan fingerprint density at radius 1 is 0.806 bits per heavy atom. The second-order valence-electron chi connectivity index (χ2n) is 7.92. The first-order valence-electron chi connectivity index (χ1n) is 10.7. The Hall–Kier alpha value is -3.31. The minimum absolute atomic E-state index is 0.334. The summed E-state index contributed by atoms with van der Waals surface area (Å²) in [6.45, 7) is 3.75. The highest BCUT2D eigenvalue weighted by molar-refractivity contribution is 5.83. The number of fused-ring (bicyclic) bond motifs is 3. The zero-order valence-corrected chi connectivity index (χ0v) is 18.0. The Morgan fingerprint density at radius 2 is 1.45 bits per heavy atom. The lowest BCUT2D eigenvalue weighted by molar-refractivity contribution is 0.114. The van der Waals surface area contributed by atoms with Crippen LogP contribution in [0.25, 0.3) is 11.1 Å². The van der Waals surface area contributed by atoms with Gasteiger partial charge in [0.2, 0.25) is 0 Å². The van der Waals surface area contributed by atoms with Crippen LogP contribution in [0.1, 0.15) is 22.7 Å². The van der Waals surface area contributed by atoms with Gasteiger partial charge in [0, 0.05) is 37.8 Å². The van der Waals surface area contributed by atoms with Gasteiger partial charge in [-0.1, -0.05) is 48.5 Å². The van der Waals surface area contributed by atoms with Gasteiger partial charge in [-0.15, -0.1) is 0 Å². The molecule has 5 rings (SSSR count). The van der Waals surface area contributed by atoms with E-state index in [0.717, 1.165) is 43.2 Å². The molecule has 0 saturated carbocycles. The van der Waals surface area contributed by atoms with E-state index in [1.807, 2.05) is 24.4 Å². The maximum absolute atomic E-state index is 5.48. The quantitative estimate of drug-likeness (QED) is 0.580. The fraction of sp³-hybridized carbons (Fsp3) is 0.269. The summed E-state index contributed by atoms with van der Waals surface area (Å²) in [5.41, 5.74) is 6.53. The summed E-state index contributed by atoms with van der Waals surface area (Å²) in [6.07, 6.45) is 1.88. The van der Waals surface area contributed by atoms with E-state index in [0.29, 0.717) is 6.04 Å². The molecule has 0 spiro atoms. The molecule has 1 saturated heterocycles. The van der Waals surface area contributed by atoms with Crippen molar-refractivity contribution in [2.75, 3.05) is 40.4 Å². The zero-order chi connectivity index (χ0) is 21.2.